The van der Waals surface area contributed by atoms with Crippen molar-refractivity contribution in [3.05, 3.63) is 59.2 Å². The molecule has 0 fully saturated rings. The molecule has 6 nitrogen and oxygen atoms in total. The zero-order chi connectivity index (χ0) is 18.4. The fourth-order valence-electron chi connectivity index (χ4n) is 2.51. The second-order valence-electron chi connectivity index (χ2n) is 5.35. The molecule has 0 saturated carbocycles. The van der Waals surface area contributed by atoms with Gasteiger partial charge in [-0.15, -0.1) is 0 Å². The molecule has 0 bridgehead atoms. The highest BCUT2D eigenvalue weighted by molar-refractivity contribution is 6.08. The minimum Gasteiger partial charge on any atom is -0.478 e. The number of aromatic carboxylic acids is 1. The molecule has 0 heterocycles. The van der Waals surface area contributed by atoms with Crippen LogP contribution in [0.4, 0.5) is 11.4 Å². The zero-order valence-electron chi connectivity index (χ0n) is 14.1. The first-order chi connectivity index (χ1) is 12.0. The van der Waals surface area contributed by atoms with E-state index in [1.54, 1.807) is 12.1 Å². The van der Waals surface area contributed by atoms with Crippen molar-refractivity contribution >= 4 is 23.3 Å². The summed E-state index contributed by atoms with van der Waals surface area (Å²) in [7, 11) is 0. The molecule has 0 unspecified atom stereocenters. The molecule has 0 aromatic heterocycles. The Morgan fingerprint density at radius 1 is 1.12 bits per heavy atom. The number of hydrogen-bond acceptors (Lipinski definition) is 4. The molecule has 1 amide bonds. The maximum atomic E-state index is 12.4. The van der Waals surface area contributed by atoms with E-state index in [1.165, 1.54) is 18.2 Å². The number of carbonyl (C=O) groups excluding carboxylic acids is 1. The lowest BCUT2D eigenvalue weighted by Gasteiger charge is -2.21. The van der Waals surface area contributed by atoms with Crippen LogP contribution < -0.4 is 10.2 Å². The predicted octanol–water partition coefficient (Wildman–Crippen LogP) is 3.35. The summed E-state index contributed by atoms with van der Waals surface area (Å²) >= 11 is 0. The van der Waals surface area contributed by atoms with Crippen LogP contribution in [0.1, 0.15) is 40.1 Å². The SMILES string of the molecule is CCN(CC)c1ccc(C(=O)Nc2ccc(C#N)cc2C(=O)O)cc1. The first kappa shape index (κ1) is 18.0. The number of rotatable bonds is 6. The number of nitriles is 1. The van der Waals surface area contributed by atoms with Gasteiger partial charge in [-0.2, -0.15) is 5.26 Å². The standard InChI is InChI=1S/C19H19N3O3/c1-3-22(4-2)15-8-6-14(7-9-15)18(23)21-17-10-5-13(12-20)11-16(17)19(24)25/h5-11H,3-4H2,1-2H3,(H,21,23)(H,24,25). The van der Waals surface area contributed by atoms with Crippen LogP contribution >= 0.6 is 0 Å². The molecular weight excluding hydrogens is 318 g/mol. The van der Waals surface area contributed by atoms with E-state index in [0.29, 0.717) is 5.56 Å². The third kappa shape index (κ3) is 4.15. The van der Waals surface area contributed by atoms with Crippen LogP contribution in [0, 0.1) is 11.3 Å². The largest absolute Gasteiger partial charge is 0.478 e. The van der Waals surface area contributed by atoms with Crippen LogP contribution in [0.25, 0.3) is 0 Å². The van der Waals surface area contributed by atoms with E-state index in [9.17, 15) is 14.7 Å². The Bertz CT molecular complexity index is 819. The van der Waals surface area contributed by atoms with Crippen molar-refractivity contribution in [3.8, 4) is 6.07 Å². The lowest BCUT2D eigenvalue weighted by atomic mass is 10.1. The topological polar surface area (TPSA) is 93.4 Å². The van der Waals surface area contributed by atoms with Crippen molar-refractivity contribution in [2.45, 2.75) is 13.8 Å². The third-order valence-electron chi connectivity index (χ3n) is 3.89. The van der Waals surface area contributed by atoms with E-state index >= 15 is 0 Å². The minimum absolute atomic E-state index is 0.118. The number of nitrogens with zero attached hydrogens (tertiary/aromatic N) is 2. The molecule has 2 aromatic carbocycles. The van der Waals surface area contributed by atoms with Crippen molar-refractivity contribution in [3.63, 3.8) is 0 Å². The van der Waals surface area contributed by atoms with Crippen LogP contribution in [0.2, 0.25) is 0 Å². The Morgan fingerprint density at radius 3 is 2.28 bits per heavy atom. The highest BCUT2D eigenvalue weighted by Crippen LogP contribution is 2.20. The molecule has 0 atom stereocenters. The van der Waals surface area contributed by atoms with E-state index in [-0.39, 0.29) is 16.8 Å². The average molecular weight is 337 g/mol. The van der Waals surface area contributed by atoms with Gasteiger partial charge >= 0.3 is 5.97 Å². The summed E-state index contributed by atoms with van der Waals surface area (Å²) in [4.78, 5) is 25.9. The number of carboxylic acids is 1. The molecule has 0 spiro atoms. The number of carboxylic acid groups (broad SMARTS) is 1. The van der Waals surface area contributed by atoms with Gasteiger partial charge in [-0.05, 0) is 56.3 Å². The van der Waals surface area contributed by atoms with E-state index in [4.69, 9.17) is 5.26 Å². The van der Waals surface area contributed by atoms with Gasteiger partial charge in [-0.3, -0.25) is 4.79 Å². The fourth-order valence-corrected chi connectivity index (χ4v) is 2.51. The summed E-state index contributed by atoms with van der Waals surface area (Å²) in [6, 6.07) is 13.1. The van der Waals surface area contributed by atoms with Crippen LogP contribution in [-0.4, -0.2) is 30.1 Å². The second-order valence-corrected chi connectivity index (χ2v) is 5.35. The van der Waals surface area contributed by atoms with Gasteiger partial charge in [0.05, 0.1) is 22.9 Å². The molecule has 0 saturated heterocycles. The molecule has 0 aliphatic rings. The molecule has 2 N–H and O–H groups in total. The normalized spacial score (nSPS) is 9.96. The quantitative estimate of drug-likeness (QED) is 0.843. The summed E-state index contributed by atoms with van der Waals surface area (Å²) in [6.07, 6.45) is 0. The Morgan fingerprint density at radius 2 is 1.76 bits per heavy atom. The molecule has 0 radical (unpaired) electrons. The van der Waals surface area contributed by atoms with Gasteiger partial charge in [0.25, 0.3) is 5.91 Å². The Hall–Kier alpha value is -3.33. The van der Waals surface area contributed by atoms with Crippen molar-refractivity contribution in [1.82, 2.24) is 0 Å². The number of nitrogens with one attached hydrogen (secondary N) is 1. The van der Waals surface area contributed by atoms with Crippen molar-refractivity contribution in [2.24, 2.45) is 0 Å². The van der Waals surface area contributed by atoms with Gasteiger partial charge in [0.2, 0.25) is 0 Å². The zero-order valence-corrected chi connectivity index (χ0v) is 14.1. The average Bonchev–Trinajstić information content (AvgIpc) is 2.63. The highest BCUT2D eigenvalue weighted by atomic mass is 16.4. The number of anilines is 2. The number of benzene rings is 2. The molecule has 25 heavy (non-hydrogen) atoms. The van der Waals surface area contributed by atoms with E-state index in [1.807, 2.05) is 18.2 Å². The van der Waals surface area contributed by atoms with Gasteiger partial charge in [0, 0.05) is 24.3 Å². The monoisotopic (exact) mass is 337 g/mol. The van der Waals surface area contributed by atoms with Crippen LogP contribution in [-0.2, 0) is 0 Å². The lowest BCUT2D eigenvalue weighted by molar-refractivity contribution is 0.0698. The van der Waals surface area contributed by atoms with Gasteiger partial charge in [-0.1, -0.05) is 0 Å². The van der Waals surface area contributed by atoms with E-state index < -0.39 is 11.9 Å². The van der Waals surface area contributed by atoms with Crippen LogP contribution in [0.3, 0.4) is 0 Å². The molecule has 0 aliphatic carbocycles. The number of hydrogen-bond donors (Lipinski definition) is 2. The summed E-state index contributed by atoms with van der Waals surface area (Å²) in [5.41, 5.74) is 1.71. The highest BCUT2D eigenvalue weighted by Gasteiger charge is 2.15. The Balaban J connectivity index is 2.23. The van der Waals surface area contributed by atoms with Crippen molar-refractivity contribution in [1.29, 1.82) is 5.26 Å². The Labute approximate surface area is 146 Å². The van der Waals surface area contributed by atoms with E-state index in [2.05, 4.69) is 24.1 Å². The minimum atomic E-state index is -1.20. The lowest BCUT2D eigenvalue weighted by Crippen LogP contribution is -2.22. The second kappa shape index (κ2) is 7.97. The molecule has 6 heteroatoms. The van der Waals surface area contributed by atoms with Crippen LogP contribution in [0.5, 0.6) is 0 Å². The number of carbonyl (C=O) groups is 2. The number of amides is 1. The van der Waals surface area contributed by atoms with Gasteiger partial charge in [0.1, 0.15) is 0 Å². The van der Waals surface area contributed by atoms with Crippen LogP contribution in [0.15, 0.2) is 42.5 Å². The van der Waals surface area contributed by atoms with E-state index in [0.717, 1.165) is 18.8 Å². The maximum Gasteiger partial charge on any atom is 0.337 e. The Kier molecular flexibility index (Phi) is 5.75. The van der Waals surface area contributed by atoms with Gasteiger partial charge in [0.15, 0.2) is 0 Å². The first-order valence-electron chi connectivity index (χ1n) is 7.94. The summed E-state index contributed by atoms with van der Waals surface area (Å²) in [5.74, 6) is -1.61. The predicted molar refractivity (Wildman–Crippen MR) is 96.1 cm³/mol. The molecule has 2 aromatic rings. The summed E-state index contributed by atoms with van der Waals surface area (Å²) in [5, 5.41) is 20.7. The fraction of sp³-hybridized carbons (Fsp3) is 0.211. The molecule has 0 aliphatic heterocycles. The smallest absolute Gasteiger partial charge is 0.337 e. The summed E-state index contributed by atoms with van der Waals surface area (Å²) < 4.78 is 0. The van der Waals surface area contributed by atoms with Crippen molar-refractivity contribution < 1.29 is 14.7 Å². The molecule has 2 rings (SSSR count). The van der Waals surface area contributed by atoms with Gasteiger partial charge in [-0.25, -0.2) is 4.79 Å². The maximum absolute atomic E-state index is 12.4. The van der Waals surface area contributed by atoms with Crippen molar-refractivity contribution in [2.75, 3.05) is 23.3 Å². The first-order valence-corrected chi connectivity index (χ1v) is 7.94. The molecule has 128 valence electrons. The summed E-state index contributed by atoms with van der Waals surface area (Å²) in [6.45, 7) is 5.86. The third-order valence-corrected chi connectivity index (χ3v) is 3.89. The van der Waals surface area contributed by atoms with Gasteiger partial charge < -0.3 is 15.3 Å². The molecular formula is C19H19N3O3.